The molecule has 0 fully saturated rings. The summed E-state index contributed by atoms with van der Waals surface area (Å²) in [6, 6.07) is 13.5. The summed E-state index contributed by atoms with van der Waals surface area (Å²) in [6.07, 6.45) is 0. The van der Waals surface area contributed by atoms with Gasteiger partial charge in [0, 0.05) is 35.7 Å². The molecule has 0 bridgehead atoms. The predicted molar refractivity (Wildman–Crippen MR) is 130 cm³/mol. The molecule has 33 heavy (non-hydrogen) atoms. The summed E-state index contributed by atoms with van der Waals surface area (Å²) in [5, 5.41) is 6.30. The number of benzene rings is 2. The third-order valence-electron chi connectivity index (χ3n) is 4.41. The Labute approximate surface area is 194 Å². The van der Waals surface area contributed by atoms with Gasteiger partial charge in [-0.1, -0.05) is 0 Å². The Morgan fingerprint density at radius 1 is 0.879 bits per heavy atom. The monoisotopic (exact) mass is 471 g/mol. The van der Waals surface area contributed by atoms with E-state index >= 15 is 0 Å². The lowest BCUT2D eigenvalue weighted by molar-refractivity contribution is 0.322. The molecule has 0 amide bonds. The lowest BCUT2D eigenvalue weighted by atomic mass is 10.3. The molecule has 1 aromatic heterocycles. The highest BCUT2D eigenvalue weighted by Crippen LogP contribution is 2.30. The van der Waals surface area contributed by atoms with Crippen LogP contribution in [-0.2, 0) is 10.0 Å². The maximum atomic E-state index is 13.1. The fraction of sp³-hybridized carbons (Fsp3) is 0.304. The van der Waals surface area contributed by atoms with Gasteiger partial charge in [0.25, 0.3) is 10.0 Å². The molecule has 0 radical (unpaired) electrons. The minimum Gasteiger partial charge on any atom is -0.494 e. The van der Waals surface area contributed by atoms with Crippen LogP contribution < -0.4 is 24.8 Å². The normalized spacial score (nSPS) is 11.0. The van der Waals surface area contributed by atoms with Crippen molar-refractivity contribution >= 4 is 33.2 Å². The number of nitrogens with zero attached hydrogens (tertiary/aromatic N) is 2. The van der Waals surface area contributed by atoms with Gasteiger partial charge in [-0.3, -0.25) is 4.72 Å². The van der Waals surface area contributed by atoms with Gasteiger partial charge in [-0.15, -0.1) is 0 Å². The van der Waals surface area contributed by atoms with Gasteiger partial charge in [0.15, 0.2) is 0 Å². The van der Waals surface area contributed by atoms with Crippen LogP contribution in [-0.4, -0.2) is 38.1 Å². The third-order valence-corrected chi connectivity index (χ3v) is 5.82. The first kappa shape index (κ1) is 24.1. The number of aryl methyl sites for hydroxylation is 1. The molecule has 0 atom stereocenters. The van der Waals surface area contributed by atoms with E-state index in [-0.39, 0.29) is 10.6 Å². The molecule has 1 heterocycles. The summed E-state index contributed by atoms with van der Waals surface area (Å²) < 4.78 is 39.7. The molecular weight excluding hydrogens is 442 g/mol. The molecule has 0 saturated heterocycles. The topological polar surface area (TPSA) is 114 Å². The van der Waals surface area contributed by atoms with Gasteiger partial charge in [0.05, 0.1) is 13.2 Å². The molecule has 3 rings (SSSR count). The Morgan fingerprint density at radius 2 is 1.58 bits per heavy atom. The second kappa shape index (κ2) is 10.9. The SMILES string of the molecule is CCNc1nc(C)cc(Nc2ccc(NS(=O)(=O)c3cc(OCC)ccc3OCC)cc2)n1. The van der Waals surface area contributed by atoms with Gasteiger partial charge in [-0.25, -0.2) is 13.4 Å². The van der Waals surface area contributed by atoms with Crippen molar-refractivity contribution in [2.24, 2.45) is 0 Å². The summed E-state index contributed by atoms with van der Waals surface area (Å²) >= 11 is 0. The number of rotatable bonds is 11. The largest absolute Gasteiger partial charge is 0.494 e. The zero-order valence-corrected chi connectivity index (χ0v) is 20.0. The summed E-state index contributed by atoms with van der Waals surface area (Å²) in [6.45, 7) is 8.99. The summed E-state index contributed by atoms with van der Waals surface area (Å²) in [7, 11) is -3.90. The van der Waals surface area contributed by atoms with Crippen molar-refractivity contribution in [3.63, 3.8) is 0 Å². The van der Waals surface area contributed by atoms with Crippen LogP contribution in [0.3, 0.4) is 0 Å². The van der Waals surface area contributed by atoms with Crippen molar-refractivity contribution in [2.75, 3.05) is 35.1 Å². The van der Waals surface area contributed by atoms with E-state index in [1.54, 1.807) is 43.3 Å². The van der Waals surface area contributed by atoms with Gasteiger partial charge in [0.2, 0.25) is 5.95 Å². The molecular formula is C23H29N5O4S. The number of sulfonamides is 1. The first-order chi connectivity index (χ1) is 15.8. The molecule has 0 aliphatic carbocycles. The van der Waals surface area contributed by atoms with Crippen molar-refractivity contribution < 1.29 is 17.9 Å². The average Bonchev–Trinajstić information content (AvgIpc) is 2.76. The molecule has 9 nitrogen and oxygen atoms in total. The van der Waals surface area contributed by atoms with Crippen molar-refractivity contribution in [3.8, 4) is 11.5 Å². The van der Waals surface area contributed by atoms with Crippen LogP contribution in [0.2, 0.25) is 0 Å². The predicted octanol–water partition coefficient (Wildman–Crippen LogP) is 4.56. The van der Waals surface area contributed by atoms with E-state index < -0.39 is 10.0 Å². The molecule has 176 valence electrons. The zero-order chi connectivity index (χ0) is 23.8. The Bertz CT molecular complexity index is 1180. The Morgan fingerprint density at radius 3 is 2.24 bits per heavy atom. The van der Waals surface area contributed by atoms with Crippen molar-refractivity contribution in [1.29, 1.82) is 0 Å². The smallest absolute Gasteiger partial charge is 0.265 e. The lowest BCUT2D eigenvalue weighted by Gasteiger charge is -2.15. The first-order valence-electron chi connectivity index (χ1n) is 10.7. The highest BCUT2D eigenvalue weighted by Gasteiger charge is 2.21. The van der Waals surface area contributed by atoms with Crippen LogP contribution in [0, 0.1) is 6.92 Å². The van der Waals surface area contributed by atoms with Crippen LogP contribution >= 0.6 is 0 Å². The van der Waals surface area contributed by atoms with E-state index in [0.29, 0.717) is 36.4 Å². The van der Waals surface area contributed by atoms with Gasteiger partial charge in [-0.05, 0) is 64.1 Å². The Kier molecular flexibility index (Phi) is 7.94. The van der Waals surface area contributed by atoms with Crippen LogP contribution in [0.4, 0.5) is 23.1 Å². The van der Waals surface area contributed by atoms with E-state index in [4.69, 9.17) is 9.47 Å². The molecule has 0 aliphatic rings. The zero-order valence-electron chi connectivity index (χ0n) is 19.2. The number of nitrogens with one attached hydrogen (secondary N) is 3. The summed E-state index contributed by atoms with van der Waals surface area (Å²) in [5.74, 6) is 1.91. The van der Waals surface area contributed by atoms with Crippen molar-refractivity contribution in [1.82, 2.24) is 9.97 Å². The fourth-order valence-electron chi connectivity index (χ4n) is 3.08. The highest BCUT2D eigenvalue weighted by atomic mass is 32.2. The fourth-order valence-corrected chi connectivity index (χ4v) is 4.30. The number of hydrogen-bond donors (Lipinski definition) is 3. The average molecular weight is 472 g/mol. The van der Waals surface area contributed by atoms with Crippen molar-refractivity contribution in [2.45, 2.75) is 32.6 Å². The van der Waals surface area contributed by atoms with E-state index in [0.717, 1.165) is 17.9 Å². The van der Waals surface area contributed by atoms with Gasteiger partial charge >= 0.3 is 0 Å². The van der Waals surface area contributed by atoms with E-state index in [2.05, 4.69) is 25.3 Å². The minimum atomic E-state index is -3.90. The second-order valence-electron chi connectivity index (χ2n) is 7.03. The minimum absolute atomic E-state index is 0.0184. The van der Waals surface area contributed by atoms with Gasteiger partial charge < -0.3 is 20.1 Å². The molecule has 0 spiro atoms. The number of hydrogen-bond acceptors (Lipinski definition) is 8. The molecule has 0 unspecified atom stereocenters. The van der Waals surface area contributed by atoms with Crippen LogP contribution in [0.25, 0.3) is 0 Å². The maximum Gasteiger partial charge on any atom is 0.265 e. The third kappa shape index (κ3) is 6.48. The van der Waals surface area contributed by atoms with Crippen LogP contribution in [0.15, 0.2) is 53.4 Å². The van der Waals surface area contributed by atoms with E-state index in [1.807, 2.05) is 26.8 Å². The molecule has 0 aliphatic heterocycles. The molecule has 3 N–H and O–H groups in total. The number of aromatic nitrogens is 2. The van der Waals surface area contributed by atoms with Gasteiger partial charge in [-0.2, -0.15) is 4.98 Å². The molecule has 2 aromatic carbocycles. The first-order valence-corrected chi connectivity index (χ1v) is 12.2. The number of ether oxygens (including phenoxy) is 2. The van der Waals surface area contributed by atoms with Crippen molar-refractivity contribution in [3.05, 3.63) is 54.2 Å². The molecule has 3 aromatic rings. The van der Waals surface area contributed by atoms with Gasteiger partial charge in [0.1, 0.15) is 22.2 Å². The molecule has 0 saturated carbocycles. The van der Waals surface area contributed by atoms with E-state index in [9.17, 15) is 8.42 Å². The number of anilines is 4. The highest BCUT2D eigenvalue weighted by molar-refractivity contribution is 7.92. The standard InChI is InChI=1S/C23H29N5O4S/c1-5-24-23-25-16(4)14-22(27-23)26-17-8-10-18(11-9-17)28-33(29,30)21-15-19(31-6-2)12-13-20(21)32-7-3/h8-15,28H,5-7H2,1-4H3,(H2,24,25,26,27). The van der Waals surface area contributed by atoms with Crippen LogP contribution in [0.5, 0.6) is 11.5 Å². The Balaban J connectivity index is 1.79. The molecule has 10 heteroatoms. The van der Waals surface area contributed by atoms with Crippen LogP contribution in [0.1, 0.15) is 26.5 Å². The lowest BCUT2D eigenvalue weighted by Crippen LogP contribution is -2.15. The second-order valence-corrected chi connectivity index (χ2v) is 8.68. The summed E-state index contributed by atoms with van der Waals surface area (Å²) in [5.41, 5.74) is 2.00. The summed E-state index contributed by atoms with van der Waals surface area (Å²) in [4.78, 5) is 8.77. The quantitative estimate of drug-likeness (QED) is 0.373. The van der Waals surface area contributed by atoms with E-state index in [1.165, 1.54) is 6.07 Å². The Hall–Kier alpha value is -3.53. The maximum absolute atomic E-state index is 13.1.